The lowest BCUT2D eigenvalue weighted by Gasteiger charge is -2.17. The highest BCUT2D eigenvalue weighted by Gasteiger charge is 2.18. The molecule has 0 heterocycles. The summed E-state index contributed by atoms with van der Waals surface area (Å²) < 4.78 is 0.100. The molecule has 1 aliphatic rings. The van der Waals surface area contributed by atoms with Gasteiger partial charge in [-0.25, -0.2) is 0 Å². The van der Waals surface area contributed by atoms with Gasteiger partial charge in [-0.3, -0.25) is 4.79 Å². The predicted octanol–water partition coefficient (Wildman–Crippen LogP) is 7.03. The number of aryl methyl sites for hydroxylation is 4. The Morgan fingerprint density at radius 2 is 1.50 bits per heavy atom. The van der Waals surface area contributed by atoms with Crippen LogP contribution in [0.3, 0.4) is 0 Å². The van der Waals surface area contributed by atoms with Crippen molar-refractivity contribution in [2.24, 2.45) is 0 Å². The highest BCUT2D eigenvalue weighted by Crippen LogP contribution is 2.38. The molecule has 0 aliphatic heterocycles. The second-order valence-corrected chi connectivity index (χ2v) is 10.7. The molecule has 3 aromatic rings. The van der Waals surface area contributed by atoms with Crippen LogP contribution in [0.2, 0.25) is 0 Å². The molecule has 0 unspecified atom stereocenters. The number of fused-ring (bicyclic) bond motifs is 1. The molecule has 0 saturated carbocycles. The minimum atomic E-state index is 0.0678. The molecule has 0 bridgehead atoms. The van der Waals surface area contributed by atoms with Gasteiger partial charge in [0, 0.05) is 21.9 Å². The maximum Gasteiger partial charge on any atom is 0.226 e. The van der Waals surface area contributed by atoms with Gasteiger partial charge < -0.3 is 5.32 Å². The van der Waals surface area contributed by atoms with Gasteiger partial charge in [0.1, 0.15) is 0 Å². The molecule has 0 saturated heterocycles. The van der Waals surface area contributed by atoms with Crippen molar-refractivity contribution in [2.75, 3.05) is 5.32 Å². The quantitative estimate of drug-likeness (QED) is 0.320. The second-order valence-electron chi connectivity index (χ2n) is 7.89. The number of nitrogens with one attached hydrogen (secondary N) is 1. The van der Waals surface area contributed by atoms with E-state index in [0.717, 1.165) is 18.5 Å². The number of thioether (sulfide) groups is 2. The molecule has 1 amide bonds. The molecule has 0 radical (unpaired) electrons. The Balaban J connectivity index is 1.47. The van der Waals surface area contributed by atoms with Crippen LogP contribution in [0, 0.1) is 13.8 Å². The van der Waals surface area contributed by atoms with Crippen molar-refractivity contribution in [1.29, 1.82) is 0 Å². The van der Waals surface area contributed by atoms with Gasteiger partial charge in [-0.1, -0.05) is 41.5 Å². The Bertz CT molecular complexity index is 999. The molecule has 1 aliphatic carbocycles. The highest BCUT2D eigenvalue weighted by molar-refractivity contribution is 8.17. The number of hydrogen-bond acceptors (Lipinski definition) is 3. The van der Waals surface area contributed by atoms with E-state index in [4.69, 9.17) is 0 Å². The average molecular weight is 434 g/mol. The standard InChI is InChI=1S/C26H27NOS2/c1-18-6-3-10-23(14-18)29-26(30-24-11-4-7-19(2)15-24)17-25(28)27-22-13-12-20-8-5-9-21(20)16-22/h3-4,6-7,10-16,26H,5,8-9,17H2,1-2H3,(H,27,28). The lowest BCUT2D eigenvalue weighted by molar-refractivity contribution is -0.115. The third-order valence-corrected chi connectivity index (χ3v) is 7.74. The van der Waals surface area contributed by atoms with Gasteiger partial charge in [0.15, 0.2) is 0 Å². The van der Waals surface area contributed by atoms with Crippen molar-refractivity contribution in [3.8, 4) is 0 Å². The van der Waals surface area contributed by atoms with Crippen LogP contribution in [0.1, 0.15) is 35.1 Å². The van der Waals surface area contributed by atoms with Crippen LogP contribution in [0.25, 0.3) is 0 Å². The first kappa shape index (κ1) is 21.1. The van der Waals surface area contributed by atoms with Crippen molar-refractivity contribution in [2.45, 2.75) is 53.9 Å². The number of rotatable bonds is 7. The number of amides is 1. The van der Waals surface area contributed by atoms with E-state index in [1.54, 1.807) is 23.5 Å². The van der Waals surface area contributed by atoms with Gasteiger partial charge in [0.2, 0.25) is 5.91 Å². The van der Waals surface area contributed by atoms with Crippen LogP contribution in [-0.4, -0.2) is 10.5 Å². The largest absolute Gasteiger partial charge is 0.326 e. The van der Waals surface area contributed by atoms with Gasteiger partial charge >= 0.3 is 0 Å². The fourth-order valence-electron chi connectivity index (χ4n) is 3.80. The van der Waals surface area contributed by atoms with Crippen molar-refractivity contribution in [3.05, 3.63) is 89.0 Å². The molecule has 2 nitrogen and oxygen atoms in total. The van der Waals surface area contributed by atoms with E-state index in [1.165, 1.54) is 38.5 Å². The number of hydrogen-bond donors (Lipinski definition) is 1. The van der Waals surface area contributed by atoms with E-state index in [1.807, 2.05) is 6.07 Å². The summed E-state index contributed by atoms with van der Waals surface area (Å²) in [6.07, 6.45) is 3.95. The number of benzene rings is 3. The number of carbonyl (C=O) groups excluding carboxylic acids is 1. The Morgan fingerprint density at radius 1 is 0.867 bits per heavy atom. The summed E-state index contributed by atoms with van der Waals surface area (Å²) >= 11 is 3.53. The lowest BCUT2D eigenvalue weighted by atomic mass is 10.1. The second kappa shape index (κ2) is 9.76. The highest BCUT2D eigenvalue weighted by atomic mass is 32.2. The molecule has 0 spiro atoms. The maximum absolute atomic E-state index is 12.9. The molecular weight excluding hydrogens is 406 g/mol. The van der Waals surface area contributed by atoms with Gasteiger partial charge in [-0.15, -0.1) is 23.5 Å². The molecule has 4 rings (SSSR count). The molecule has 4 heteroatoms. The van der Waals surface area contributed by atoms with Crippen LogP contribution >= 0.6 is 23.5 Å². The molecule has 3 aromatic carbocycles. The van der Waals surface area contributed by atoms with Crippen molar-refractivity contribution >= 4 is 35.1 Å². The first-order valence-electron chi connectivity index (χ1n) is 10.4. The van der Waals surface area contributed by atoms with Crippen molar-refractivity contribution in [1.82, 2.24) is 0 Å². The zero-order chi connectivity index (χ0) is 20.9. The Hall–Kier alpha value is -2.17. The van der Waals surface area contributed by atoms with Crippen molar-refractivity contribution in [3.63, 3.8) is 0 Å². The summed E-state index contributed by atoms with van der Waals surface area (Å²) in [5.74, 6) is 0.0678. The van der Waals surface area contributed by atoms with E-state index in [0.29, 0.717) is 6.42 Å². The third kappa shape index (κ3) is 5.71. The summed E-state index contributed by atoms with van der Waals surface area (Å²) in [7, 11) is 0. The number of anilines is 1. The molecule has 1 N–H and O–H groups in total. The summed E-state index contributed by atoms with van der Waals surface area (Å²) in [5.41, 5.74) is 6.20. The van der Waals surface area contributed by atoms with Crippen LogP contribution in [-0.2, 0) is 17.6 Å². The molecule has 0 atom stereocenters. The van der Waals surface area contributed by atoms with E-state index in [2.05, 4.69) is 79.8 Å². The van der Waals surface area contributed by atoms with Gasteiger partial charge in [0.25, 0.3) is 0 Å². The fourth-order valence-corrected chi connectivity index (χ4v) is 6.56. The molecular formula is C26H27NOS2. The summed E-state index contributed by atoms with van der Waals surface area (Å²) in [6.45, 7) is 4.21. The van der Waals surface area contributed by atoms with E-state index in [9.17, 15) is 4.79 Å². The average Bonchev–Trinajstić information content (AvgIpc) is 3.15. The molecule has 154 valence electrons. The Morgan fingerprint density at radius 3 is 2.13 bits per heavy atom. The zero-order valence-electron chi connectivity index (χ0n) is 17.5. The van der Waals surface area contributed by atoms with Crippen molar-refractivity contribution < 1.29 is 4.79 Å². The topological polar surface area (TPSA) is 29.1 Å². The molecule has 0 fully saturated rings. The van der Waals surface area contributed by atoms with Gasteiger partial charge in [-0.05, 0) is 80.6 Å². The summed E-state index contributed by atoms with van der Waals surface area (Å²) in [6, 6.07) is 23.3. The summed E-state index contributed by atoms with van der Waals surface area (Å²) in [4.78, 5) is 15.3. The SMILES string of the molecule is Cc1cccc(SC(CC(=O)Nc2ccc3c(c2)CCC3)Sc2cccc(C)c2)c1. The first-order valence-corrected chi connectivity index (χ1v) is 12.2. The molecule has 30 heavy (non-hydrogen) atoms. The lowest BCUT2D eigenvalue weighted by Crippen LogP contribution is -2.16. The van der Waals surface area contributed by atoms with E-state index < -0.39 is 0 Å². The Labute approximate surface area is 187 Å². The van der Waals surface area contributed by atoms with Crippen LogP contribution in [0.15, 0.2) is 76.5 Å². The van der Waals surface area contributed by atoms with E-state index >= 15 is 0 Å². The maximum atomic E-state index is 12.9. The first-order chi connectivity index (χ1) is 14.5. The zero-order valence-corrected chi connectivity index (χ0v) is 19.1. The summed E-state index contributed by atoms with van der Waals surface area (Å²) in [5, 5.41) is 3.13. The number of carbonyl (C=O) groups is 1. The van der Waals surface area contributed by atoms with Crippen LogP contribution in [0.5, 0.6) is 0 Å². The van der Waals surface area contributed by atoms with Gasteiger partial charge in [0.05, 0.1) is 4.58 Å². The smallest absolute Gasteiger partial charge is 0.226 e. The fraction of sp³-hybridized carbons (Fsp3) is 0.269. The Kier molecular flexibility index (Phi) is 6.86. The minimum absolute atomic E-state index is 0.0678. The minimum Gasteiger partial charge on any atom is -0.326 e. The normalized spacial score (nSPS) is 12.8. The molecule has 0 aromatic heterocycles. The predicted molar refractivity (Wildman–Crippen MR) is 130 cm³/mol. The third-order valence-electron chi connectivity index (χ3n) is 5.25. The van der Waals surface area contributed by atoms with Gasteiger partial charge in [-0.2, -0.15) is 0 Å². The van der Waals surface area contributed by atoms with Crippen LogP contribution in [0.4, 0.5) is 5.69 Å². The van der Waals surface area contributed by atoms with Crippen LogP contribution < -0.4 is 5.32 Å². The monoisotopic (exact) mass is 433 g/mol. The van der Waals surface area contributed by atoms with E-state index in [-0.39, 0.29) is 10.5 Å².